The summed E-state index contributed by atoms with van der Waals surface area (Å²) in [7, 11) is 0. The topological polar surface area (TPSA) is 32.3 Å². The number of piperidine rings is 1. The zero-order valence-electron chi connectivity index (χ0n) is 12.1. The third kappa shape index (κ3) is 2.87. The number of aliphatic hydroxyl groups is 1. The van der Waals surface area contributed by atoms with Crippen LogP contribution in [0.3, 0.4) is 0 Å². The van der Waals surface area contributed by atoms with E-state index in [1.54, 1.807) is 0 Å². The molecular weight excluding hydrogens is 246 g/mol. The Balaban J connectivity index is 1.83. The molecule has 0 radical (unpaired) electrons. The molecule has 0 bridgehead atoms. The van der Waals surface area contributed by atoms with Gasteiger partial charge in [-0.1, -0.05) is 42.8 Å². The van der Waals surface area contributed by atoms with Crippen molar-refractivity contribution >= 4 is 10.8 Å². The van der Waals surface area contributed by atoms with E-state index in [1.165, 1.54) is 30.0 Å². The van der Waals surface area contributed by atoms with Crippen molar-refractivity contribution in [3.8, 4) is 0 Å². The molecule has 2 aromatic carbocycles. The Morgan fingerprint density at radius 3 is 2.70 bits per heavy atom. The molecule has 1 heterocycles. The minimum Gasteiger partial charge on any atom is -0.385 e. The van der Waals surface area contributed by atoms with Gasteiger partial charge in [-0.05, 0) is 55.1 Å². The molecule has 0 aliphatic carbocycles. The maximum atomic E-state index is 10.9. The van der Waals surface area contributed by atoms with E-state index in [-0.39, 0.29) is 0 Å². The van der Waals surface area contributed by atoms with Gasteiger partial charge in [-0.2, -0.15) is 0 Å². The van der Waals surface area contributed by atoms with Crippen LogP contribution in [0.2, 0.25) is 0 Å². The molecule has 1 aliphatic heterocycles. The highest BCUT2D eigenvalue weighted by molar-refractivity contribution is 5.83. The summed E-state index contributed by atoms with van der Waals surface area (Å²) in [6, 6.07) is 15.0. The molecule has 0 saturated carbocycles. The highest BCUT2D eigenvalue weighted by Crippen LogP contribution is 2.30. The van der Waals surface area contributed by atoms with Crippen LogP contribution in [0, 0.1) is 0 Å². The van der Waals surface area contributed by atoms with Crippen molar-refractivity contribution in [2.75, 3.05) is 6.54 Å². The number of nitrogens with one attached hydrogen (secondary N) is 1. The van der Waals surface area contributed by atoms with Gasteiger partial charge in [0, 0.05) is 6.04 Å². The van der Waals surface area contributed by atoms with Crippen molar-refractivity contribution in [1.29, 1.82) is 0 Å². The van der Waals surface area contributed by atoms with Crippen LogP contribution in [-0.2, 0) is 5.60 Å². The van der Waals surface area contributed by atoms with Crippen molar-refractivity contribution in [2.24, 2.45) is 0 Å². The lowest BCUT2D eigenvalue weighted by atomic mass is 9.85. The van der Waals surface area contributed by atoms with Crippen LogP contribution < -0.4 is 5.32 Å². The van der Waals surface area contributed by atoms with Gasteiger partial charge in [-0.25, -0.2) is 0 Å². The quantitative estimate of drug-likeness (QED) is 0.892. The number of benzene rings is 2. The summed E-state index contributed by atoms with van der Waals surface area (Å²) in [6.07, 6.45) is 4.48. The Bertz CT molecular complexity index is 585. The first-order valence-corrected chi connectivity index (χ1v) is 7.60. The summed E-state index contributed by atoms with van der Waals surface area (Å²) >= 11 is 0. The van der Waals surface area contributed by atoms with Crippen LogP contribution in [0.1, 0.15) is 38.2 Å². The van der Waals surface area contributed by atoms with Crippen LogP contribution in [0.25, 0.3) is 10.8 Å². The molecule has 2 aromatic rings. The molecule has 2 N–H and O–H groups in total. The molecule has 20 heavy (non-hydrogen) atoms. The van der Waals surface area contributed by atoms with Crippen molar-refractivity contribution in [2.45, 2.75) is 44.2 Å². The molecule has 2 unspecified atom stereocenters. The van der Waals surface area contributed by atoms with Gasteiger partial charge >= 0.3 is 0 Å². The van der Waals surface area contributed by atoms with E-state index >= 15 is 0 Å². The van der Waals surface area contributed by atoms with Crippen LogP contribution in [0.4, 0.5) is 0 Å². The fourth-order valence-corrected chi connectivity index (χ4v) is 3.22. The first-order chi connectivity index (χ1) is 9.65. The van der Waals surface area contributed by atoms with Crippen LogP contribution in [-0.4, -0.2) is 17.7 Å². The zero-order chi connectivity index (χ0) is 14.0. The van der Waals surface area contributed by atoms with Crippen molar-refractivity contribution in [3.63, 3.8) is 0 Å². The second-order valence-corrected chi connectivity index (χ2v) is 6.19. The Kier molecular flexibility index (Phi) is 3.77. The minimum atomic E-state index is -0.765. The van der Waals surface area contributed by atoms with E-state index in [0.29, 0.717) is 6.04 Å². The molecule has 0 amide bonds. The number of hydrogen-bond acceptors (Lipinski definition) is 2. The van der Waals surface area contributed by atoms with Crippen LogP contribution in [0.5, 0.6) is 0 Å². The lowest BCUT2D eigenvalue weighted by molar-refractivity contribution is 0.0333. The van der Waals surface area contributed by atoms with E-state index in [0.717, 1.165) is 18.5 Å². The molecule has 2 atom stereocenters. The van der Waals surface area contributed by atoms with E-state index in [4.69, 9.17) is 0 Å². The highest BCUT2D eigenvalue weighted by Gasteiger charge is 2.28. The smallest absolute Gasteiger partial charge is 0.0883 e. The van der Waals surface area contributed by atoms with E-state index in [2.05, 4.69) is 35.6 Å². The summed E-state index contributed by atoms with van der Waals surface area (Å²) in [4.78, 5) is 0. The largest absolute Gasteiger partial charge is 0.385 e. The Labute approximate surface area is 120 Å². The van der Waals surface area contributed by atoms with E-state index < -0.39 is 5.60 Å². The average Bonchev–Trinajstić information content (AvgIpc) is 2.47. The fourth-order valence-electron chi connectivity index (χ4n) is 3.22. The maximum Gasteiger partial charge on any atom is 0.0883 e. The van der Waals surface area contributed by atoms with E-state index in [1.807, 2.05) is 19.1 Å². The first-order valence-electron chi connectivity index (χ1n) is 7.60. The van der Waals surface area contributed by atoms with Crippen molar-refractivity contribution in [1.82, 2.24) is 5.32 Å². The molecule has 1 fully saturated rings. The Morgan fingerprint density at radius 2 is 1.95 bits per heavy atom. The zero-order valence-corrected chi connectivity index (χ0v) is 12.1. The van der Waals surface area contributed by atoms with Gasteiger partial charge in [0.2, 0.25) is 0 Å². The third-order valence-electron chi connectivity index (χ3n) is 4.43. The molecule has 106 valence electrons. The van der Waals surface area contributed by atoms with Gasteiger partial charge in [0.05, 0.1) is 5.60 Å². The lowest BCUT2D eigenvalue weighted by Crippen LogP contribution is -2.39. The summed E-state index contributed by atoms with van der Waals surface area (Å²) in [5.74, 6) is 0. The molecule has 1 aliphatic rings. The van der Waals surface area contributed by atoms with Crippen molar-refractivity contribution in [3.05, 3.63) is 48.0 Å². The summed E-state index contributed by atoms with van der Waals surface area (Å²) < 4.78 is 0. The minimum absolute atomic E-state index is 0.435. The second kappa shape index (κ2) is 5.55. The van der Waals surface area contributed by atoms with Crippen LogP contribution in [0.15, 0.2) is 42.5 Å². The van der Waals surface area contributed by atoms with Gasteiger partial charge in [-0.15, -0.1) is 0 Å². The molecule has 0 spiro atoms. The van der Waals surface area contributed by atoms with Gasteiger partial charge in [0.1, 0.15) is 0 Å². The second-order valence-electron chi connectivity index (χ2n) is 6.19. The molecule has 2 heteroatoms. The standard InChI is InChI=1S/C18H23NO/c1-18(20,13-17-8-4-5-11-19-17)16-10-9-14-6-2-3-7-15(14)12-16/h2-3,6-7,9-10,12,17,19-20H,4-5,8,11,13H2,1H3. The van der Waals surface area contributed by atoms with Gasteiger partial charge in [-0.3, -0.25) is 0 Å². The molecule has 3 rings (SSSR count). The fraction of sp³-hybridized carbons (Fsp3) is 0.444. The summed E-state index contributed by atoms with van der Waals surface area (Å²) in [5.41, 5.74) is 0.252. The van der Waals surface area contributed by atoms with Gasteiger partial charge in [0.15, 0.2) is 0 Å². The van der Waals surface area contributed by atoms with Crippen LogP contribution >= 0.6 is 0 Å². The summed E-state index contributed by atoms with van der Waals surface area (Å²) in [6.45, 7) is 3.02. The van der Waals surface area contributed by atoms with Gasteiger partial charge in [0.25, 0.3) is 0 Å². The Hall–Kier alpha value is -1.38. The predicted molar refractivity (Wildman–Crippen MR) is 83.8 cm³/mol. The SMILES string of the molecule is CC(O)(CC1CCCCN1)c1ccc2ccccc2c1. The molecule has 2 nitrogen and oxygen atoms in total. The monoisotopic (exact) mass is 269 g/mol. The van der Waals surface area contributed by atoms with Crippen molar-refractivity contribution < 1.29 is 5.11 Å². The molecular formula is C18H23NO. The predicted octanol–water partition coefficient (Wildman–Crippen LogP) is 3.58. The van der Waals surface area contributed by atoms with E-state index in [9.17, 15) is 5.11 Å². The lowest BCUT2D eigenvalue weighted by Gasteiger charge is -2.32. The summed E-state index contributed by atoms with van der Waals surface area (Å²) in [5, 5.41) is 16.8. The molecule has 1 saturated heterocycles. The first kappa shape index (κ1) is 13.6. The normalized spacial score (nSPS) is 22.6. The average molecular weight is 269 g/mol. The highest BCUT2D eigenvalue weighted by atomic mass is 16.3. The molecule has 0 aromatic heterocycles. The third-order valence-corrected chi connectivity index (χ3v) is 4.43. The number of rotatable bonds is 3. The number of fused-ring (bicyclic) bond motifs is 1. The Morgan fingerprint density at radius 1 is 1.15 bits per heavy atom. The number of hydrogen-bond donors (Lipinski definition) is 2. The van der Waals surface area contributed by atoms with Gasteiger partial charge < -0.3 is 10.4 Å². The maximum absolute atomic E-state index is 10.9.